The van der Waals surface area contributed by atoms with Crippen molar-refractivity contribution in [2.24, 2.45) is 0 Å². The maximum absolute atomic E-state index is 9.67. The predicted molar refractivity (Wildman–Crippen MR) is 67.6 cm³/mol. The van der Waals surface area contributed by atoms with E-state index in [0.29, 0.717) is 0 Å². The predicted octanol–water partition coefficient (Wildman–Crippen LogP) is 1.28. The first-order chi connectivity index (χ1) is 7.92. The van der Waals surface area contributed by atoms with Gasteiger partial charge in [-0.3, -0.25) is 4.90 Å². The van der Waals surface area contributed by atoms with Crippen LogP contribution in [-0.2, 0) is 13.1 Å². The molecular formula is C12H24N4O. The van der Waals surface area contributed by atoms with Gasteiger partial charge in [0.15, 0.2) is 0 Å². The van der Waals surface area contributed by atoms with Crippen molar-refractivity contribution >= 4 is 0 Å². The number of nitrogens with zero attached hydrogens (tertiary/aromatic N) is 4. The SMILES string of the molecule is CCCn1cnnc1CN(C)CCC(C)(C)O. The second-order valence-electron chi connectivity index (χ2n) is 5.24. The Morgan fingerprint density at radius 2 is 2.18 bits per heavy atom. The van der Waals surface area contributed by atoms with Gasteiger partial charge in [0.25, 0.3) is 0 Å². The molecule has 0 saturated heterocycles. The molecule has 0 spiro atoms. The third-order valence-corrected chi connectivity index (χ3v) is 2.68. The molecule has 5 nitrogen and oxygen atoms in total. The lowest BCUT2D eigenvalue weighted by Gasteiger charge is -2.22. The Kier molecular flexibility index (Phi) is 5.08. The molecule has 0 fully saturated rings. The van der Waals surface area contributed by atoms with Crippen molar-refractivity contribution < 1.29 is 5.11 Å². The summed E-state index contributed by atoms with van der Waals surface area (Å²) >= 11 is 0. The van der Waals surface area contributed by atoms with Gasteiger partial charge in [-0.25, -0.2) is 0 Å². The highest BCUT2D eigenvalue weighted by Gasteiger charge is 2.14. The van der Waals surface area contributed by atoms with Crippen LogP contribution in [0.3, 0.4) is 0 Å². The summed E-state index contributed by atoms with van der Waals surface area (Å²) in [6.45, 7) is 8.39. The van der Waals surface area contributed by atoms with Gasteiger partial charge in [0, 0.05) is 13.1 Å². The van der Waals surface area contributed by atoms with Crippen molar-refractivity contribution in [2.75, 3.05) is 13.6 Å². The zero-order chi connectivity index (χ0) is 12.9. The van der Waals surface area contributed by atoms with Crippen molar-refractivity contribution in [1.29, 1.82) is 0 Å². The molecule has 0 aliphatic rings. The van der Waals surface area contributed by atoms with Gasteiger partial charge in [0.2, 0.25) is 0 Å². The molecule has 0 saturated carbocycles. The lowest BCUT2D eigenvalue weighted by atomic mass is 10.1. The van der Waals surface area contributed by atoms with Gasteiger partial charge in [-0.2, -0.15) is 0 Å². The molecule has 0 aliphatic heterocycles. The van der Waals surface area contributed by atoms with Crippen LogP contribution in [0.1, 0.15) is 39.4 Å². The smallest absolute Gasteiger partial charge is 0.146 e. The van der Waals surface area contributed by atoms with Crippen LogP contribution in [-0.4, -0.2) is 44.0 Å². The molecule has 98 valence electrons. The van der Waals surface area contributed by atoms with E-state index in [-0.39, 0.29) is 0 Å². The molecule has 0 aliphatic carbocycles. The Labute approximate surface area is 103 Å². The van der Waals surface area contributed by atoms with Gasteiger partial charge in [-0.15, -0.1) is 10.2 Å². The van der Waals surface area contributed by atoms with Crippen LogP contribution in [0.25, 0.3) is 0 Å². The molecule has 5 heteroatoms. The maximum atomic E-state index is 9.67. The average Bonchev–Trinajstić information content (AvgIpc) is 2.63. The molecule has 17 heavy (non-hydrogen) atoms. The summed E-state index contributed by atoms with van der Waals surface area (Å²) in [5.74, 6) is 0.991. The lowest BCUT2D eigenvalue weighted by Crippen LogP contribution is -2.29. The number of aromatic nitrogens is 3. The van der Waals surface area contributed by atoms with E-state index in [0.717, 1.165) is 38.3 Å². The molecule has 1 rings (SSSR count). The highest BCUT2D eigenvalue weighted by atomic mass is 16.3. The van der Waals surface area contributed by atoms with Crippen molar-refractivity contribution in [1.82, 2.24) is 19.7 Å². The Balaban J connectivity index is 2.44. The quantitative estimate of drug-likeness (QED) is 0.780. The molecule has 0 radical (unpaired) electrons. The van der Waals surface area contributed by atoms with Crippen LogP contribution in [0.2, 0.25) is 0 Å². The molecule has 1 heterocycles. The Hall–Kier alpha value is -0.940. The summed E-state index contributed by atoms with van der Waals surface area (Å²) in [6.07, 6.45) is 3.62. The van der Waals surface area contributed by atoms with Crippen LogP contribution in [0.5, 0.6) is 0 Å². The minimum absolute atomic E-state index is 0.606. The van der Waals surface area contributed by atoms with Gasteiger partial charge >= 0.3 is 0 Å². The minimum Gasteiger partial charge on any atom is -0.390 e. The van der Waals surface area contributed by atoms with Crippen molar-refractivity contribution in [2.45, 2.75) is 52.3 Å². The summed E-state index contributed by atoms with van der Waals surface area (Å²) in [5, 5.41) is 17.7. The first kappa shape index (κ1) is 14.1. The second kappa shape index (κ2) is 6.12. The van der Waals surface area contributed by atoms with E-state index in [1.54, 1.807) is 6.33 Å². The Bertz CT molecular complexity index is 329. The Morgan fingerprint density at radius 3 is 2.76 bits per heavy atom. The summed E-state index contributed by atoms with van der Waals surface area (Å²) in [7, 11) is 2.04. The fourth-order valence-electron chi connectivity index (χ4n) is 1.61. The average molecular weight is 240 g/mol. The molecule has 1 aromatic rings. The van der Waals surface area contributed by atoms with E-state index in [4.69, 9.17) is 0 Å². The zero-order valence-electron chi connectivity index (χ0n) is 11.3. The second-order valence-corrected chi connectivity index (χ2v) is 5.24. The van der Waals surface area contributed by atoms with Gasteiger partial charge < -0.3 is 9.67 Å². The van der Waals surface area contributed by atoms with Crippen LogP contribution >= 0.6 is 0 Å². The molecule has 0 amide bonds. The standard InChI is InChI=1S/C12H24N4O/c1-5-7-16-10-13-14-11(16)9-15(4)8-6-12(2,3)17/h10,17H,5-9H2,1-4H3. The molecule has 0 aromatic carbocycles. The first-order valence-electron chi connectivity index (χ1n) is 6.20. The van der Waals surface area contributed by atoms with Crippen molar-refractivity contribution in [3.63, 3.8) is 0 Å². The third kappa shape index (κ3) is 5.28. The maximum Gasteiger partial charge on any atom is 0.146 e. The fourth-order valence-corrected chi connectivity index (χ4v) is 1.61. The number of rotatable bonds is 7. The van der Waals surface area contributed by atoms with Crippen molar-refractivity contribution in [3.8, 4) is 0 Å². The van der Waals surface area contributed by atoms with Gasteiger partial charge in [0.05, 0.1) is 12.1 Å². The van der Waals surface area contributed by atoms with Gasteiger partial charge in [-0.05, 0) is 33.7 Å². The van der Waals surface area contributed by atoms with E-state index in [1.165, 1.54) is 0 Å². The number of aliphatic hydroxyl groups is 1. The van der Waals surface area contributed by atoms with E-state index in [9.17, 15) is 5.11 Å². The topological polar surface area (TPSA) is 54.2 Å². The normalized spacial score (nSPS) is 12.4. The Morgan fingerprint density at radius 1 is 1.47 bits per heavy atom. The van der Waals surface area contributed by atoms with Gasteiger partial charge in [0.1, 0.15) is 12.2 Å². The molecular weight excluding hydrogens is 216 g/mol. The lowest BCUT2D eigenvalue weighted by molar-refractivity contribution is 0.0595. The summed E-state index contributed by atoms with van der Waals surface area (Å²) in [6, 6.07) is 0. The largest absolute Gasteiger partial charge is 0.390 e. The molecule has 1 N–H and O–H groups in total. The molecule has 0 bridgehead atoms. The molecule has 0 unspecified atom stereocenters. The zero-order valence-corrected chi connectivity index (χ0v) is 11.3. The van der Waals surface area contributed by atoms with Crippen LogP contribution in [0.15, 0.2) is 6.33 Å². The summed E-state index contributed by atoms with van der Waals surface area (Å²) in [4.78, 5) is 2.16. The summed E-state index contributed by atoms with van der Waals surface area (Å²) in [5.41, 5.74) is -0.606. The minimum atomic E-state index is -0.606. The number of hydrogen-bond donors (Lipinski definition) is 1. The van der Waals surface area contributed by atoms with E-state index < -0.39 is 5.60 Å². The third-order valence-electron chi connectivity index (χ3n) is 2.68. The van der Waals surface area contributed by atoms with E-state index in [2.05, 4.69) is 26.6 Å². The van der Waals surface area contributed by atoms with E-state index >= 15 is 0 Å². The highest BCUT2D eigenvalue weighted by Crippen LogP contribution is 2.09. The number of aryl methyl sites for hydroxylation is 1. The van der Waals surface area contributed by atoms with Gasteiger partial charge in [-0.1, -0.05) is 6.92 Å². The van der Waals surface area contributed by atoms with Crippen LogP contribution < -0.4 is 0 Å². The molecule has 1 aromatic heterocycles. The summed E-state index contributed by atoms with van der Waals surface area (Å²) < 4.78 is 2.08. The molecule has 0 atom stereocenters. The van der Waals surface area contributed by atoms with Crippen LogP contribution in [0, 0.1) is 0 Å². The monoisotopic (exact) mass is 240 g/mol. The fraction of sp³-hybridized carbons (Fsp3) is 0.833. The van der Waals surface area contributed by atoms with Crippen molar-refractivity contribution in [3.05, 3.63) is 12.2 Å². The highest BCUT2D eigenvalue weighted by molar-refractivity contribution is 4.85. The first-order valence-corrected chi connectivity index (χ1v) is 6.20. The van der Waals surface area contributed by atoms with E-state index in [1.807, 2.05) is 20.9 Å². The number of hydrogen-bond acceptors (Lipinski definition) is 4. The van der Waals surface area contributed by atoms with Crippen LogP contribution in [0.4, 0.5) is 0 Å².